The average Bonchev–Trinajstić information content (AvgIpc) is 2.84. The largest absolute Gasteiger partial charge is 0.385 e. The summed E-state index contributed by atoms with van der Waals surface area (Å²) in [5.41, 5.74) is -2.33. The van der Waals surface area contributed by atoms with E-state index in [1.807, 2.05) is 0 Å². The van der Waals surface area contributed by atoms with E-state index in [4.69, 9.17) is 20.6 Å². The molecular weight excluding hydrogens is 332 g/mol. The molecule has 1 aromatic carbocycles. The van der Waals surface area contributed by atoms with Crippen LogP contribution in [0, 0.1) is 11.8 Å². The molecule has 26 heavy (non-hydrogen) atoms. The number of Topliss-reactive ketones (excluding diaryl/α,β-unsaturated/α-hetero) is 1. The van der Waals surface area contributed by atoms with E-state index in [9.17, 15) is 19.5 Å². The molecule has 1 heterocycles. The second-order valence-electron chi connectivity index (χ2n) is 5.53. The molecule has 1 aromatic rings. The second-order valence-corrected chi connectivity index (χ2v) is 5.53. The van der Waals surface area contributed by atoms with Gasteiger partial charge in [0.2, 0.25) is 11.8 Å². The van der Waals surface area contributed by atoms with E-state index in [0.29, 0.717) is 20.9 Å². The number of fused-ring (bicyclic) bond motifs is 1. The predicted octanol–water partition coefficient (Wildman–Crippen LogP) is 1.47. The van der Waals surface area contributed by atoms with Crippen LogP contribution < -0.4 is 5.32 Å². The molecule has 1 aliphatic rings. The van der Waals surface area contributed by atoms with E-state index in [2.05, 4.69) is 0 Å². The monoisotopic (exact) mass is 375 g/mol. The lowest BCUT2D eigenvalue weighted by molar-refractivity contribution is -0.137. The highest BCUT2D eigenvalue weighted by Crippen LogP contribution is 2.25. The van der Waals surface area contributed by atoms with Gasteiger partial charge in [-0.3, -0.25) is 14.4 Å². The minimum Gasteiger partial charge on any atom is -0.385 e. The van der Waals surface area contributed by atoms with Gasteiger partial charge in [-0.1, -0.05) is 44.9 Å². The number of nitrogens with one attached hydrogen (secondary N) is 1. The van der Waals surface area contributed by atoms with Crippen LogP contribution in [0.25, 0.3) is 0 Å². The lowest BCUT2D eigenvalue weighted by atomic mass is 9.94. The van der Waals surface area contributed by atoms with Crippen LogP contribution in [0.2, 0.25) is 0 Å². The maximum absolute atomic E-state index is 13.5. The van der Waals surface area contributed by atoms with Gasteiger partial charge in [-0.25, -0.2) is 0 Å². The Bertz CT molecular complexity index is 1310. The highest BCUT2D eigenvalue weighted by molar-refractivity contribution is 5.92. The summed E-state index contributed by atoms with van der Waals surface area (Å²) in [5.74, 6) is -11.1. The number of hydrogen-bond acceptors (Lipinski definition) is 4. The molecule has 2 amide bonds. The van der Waals surface area contributed by atoms with Crippen LogP contribution in [0.15, 0.2) is 24.2 Å². The smallest absolute Gasteiger partial charge is 0.249 e. The Kier molecular flexibility index (Phi) is 2.54. The first-order valence-corrected chi connectivity index (χ1v) is 7.44. The Morgan fingerprint density at radius 1 is 1.54 bits per heavy atom. The van der Waals surface area contributed by atoms with Gasteiger partial charge >= 0.3 is 0 Å². The zero-order valence-electron chi connectivity index (χ0n) is 29.3. The Balaban J connectivity index is 2.73. The van der Waals surface area contributed by atoms with Gasteiger partial charge in [-0.2, -0.15) is 0 Å². The van der Waals surface area contributed by atoms with E-state index in [1.165, 1.54) is 0 Å². The summed E-state index contributed by atoms with van der Waals surface area (Å²) in [6.45, 7) is -5.44. The second kappa shape index (κ2) is 8.45. The van der Waals surface area contributed by atoms with Gasteiger partial charge < -0.3 is 15.3 Å². The van der Waals surface area contributed by atoms with Crippen LogP contribution in [0.4, 0.5) is 0 Å². The number of carbonyl (C=O) groups excluding carboxylic acids is 3. The molecule has 0 aliphatic carbocycles. The molecule has 6 heteroatoms. The van der Waals surface area contributed by atoms with E-state index < -0.39 is 103 Å². The summed E-state index contributed by atoms with van der Waals surface area (Å²) in [6, 6.07) is -7.81. The fraction of sp³-hybridized carbons (Fsp3) is 0.550. The zero-order valence-corrected chi connectivity index (χ0v) is 14.3. The molecule has 0 radical (unpaired) electrons. The van der Waals surface area contributed by atoms with Crippen molar-refractivity contribution in [3.8, 4) is 0 Å². The van der Waals surface area contributed by atoms with Gasteiger partial charge in [0, 0.05) is 38.2 Å². The van der Waals surface area contributed by atoms with Gasteiger partial charge in [0.1, 0.15) is 12.1 Å². The van der Waals surface area contributed by atoms with Crippen molar-refractivity contribution in [1.82, 2.24) is 10.2 Å². The number of hydrogen-bond donors (Lipinski definition) is 2. The Hall–Kier alpha value is -2.21. The van der Waals surface area contributed by atoms with Crippen LogP contribution in [0.1, 0.15) is 64.8 Å². The van der Waals surface area contributed by atoms with Crippen molar-refractivity contribution >= 4 is 17.6 Å². The molecule has 6 nitrogen and oxygen atoms in total. The number of amides is 2. The summed E-state index contributed by atoms with van der Waals surface area (Å²) in [4.78, 5) is 39.5. The van der Waals surface area contributed by atoms with Crippen molar-refractivity contribution in [2.45, 2.75) is 45.6 Å². The number of carbonyl (C=O) groups is 3. The summed E-state index contributed by atoms with van der Waals surface area (Å²) in [5, 5.41) is 12.1. The van der Waals surface area contributed by atoms with Crippen molar-refractivity contribution < 1.29 is 40.1 Å². The molecule has 0 aromatic heterocycles. The van der Waals surface area contributed by atoms with E-state index >= 15 is 0 Å². The third kappa shape index (κ3) is 4.49. The molecule has 0 saturated carbocycles. The molecule has 0 spiro atoms. The quantitative estimate of drug-likeness (QED) is 0.788. The fourth-order valence-electron chi connectivity index (χ4n) is 2.01. The first-order chi connectivity index (χ1) is 18.0. The summed E-state index contributed by atoms with van der Waals surface area (Å²) in [6.07, 6.45) is -8.49. The van der Waals surface area contributed by atoms with E-state index in [0.717, 1.165) is 0 Å². The molecule has 142 valence electrons. The Labute approximate surface area is 175 Å². The number of rotatable bonds is 6. The number of aliphatic hydroxyl groups is 1. The van der Waals surface area contributed by atoms with Crippen molar-refractivity contribution in [3.63, 3.8) is 0 Å². The molecule has 4 atom stereocenters. The van der Waals surface area contributed by atoms with E-state index in [1.54, 1.807) is 5.32 Å². The van der Waals surface area contributed by atoms with Crippen molar-refractivity contribution in [1.29, 1.82) is 0 Å². The molecule has 0 bridgehead atoms. The summed E-state index contributed by atoms with van der Waals surface area (Å²) < 4.78 is 121. The van der Waals surface area contributed by atoms with Crippen molar-refractivity contribution in [2.75, 3.05) is 13.5 Å². The normalized spacial score (nSPS) is 39.8. The molecular formula is C20H28N2O4. The lowest BCUT2D eigenvalue weighted by Gasteiger charge is -2.24. The molecule has 0 saturated heterocycles. The van der Waals surface area contributed by atoms with Gasteiger partial charge in [0.25, 0.3) is 0 Å². The van der Waals surface area contributed by atoms with Crippen molar-refractivity contribution in [3.05, 3.63) is 35.3 Å². The Morgan fingerprint density at radius 3 is 2.92 bits per heavy atom. The lowest BCUT2D eigenvalue weighted by Crippen LogP contribution is -2.43. The highest BCUT2D eigenvalue weighted by Gasteiger charge is 2.32. The van der Waals surface area contributed by atoms with Gasteiger partial charge in [-0.05, 0) is 23.4 Å². The fourth-order valence-corrected chi connectivity index (χ4v) is 2.01. The number of likely N-dealkylation sites (N-methyl/N-ethyl adjacent to an activating group) is 1. The van der Waals surface area contributed by atoms with Gasteiger partial charge in [-0.15, -0.1) is 0 Å². The SMILES string of the molecule is [2H]c1c([2H])c([2H])c2c(c1[2H])C([2H])([2H])C([2H])([2H])N(C)C(=O)[C@@]2([2H])NC(=O)[C@]([2H])(C)CC(=O)[C@@]([2H])(O)C([2H])(C)C([2H])([2H])[2H]. The highest BCUT2D eigenvalue weighted by atomic mass is 16.3. The predicted molar refractivity (Wildman–Crippen MR) is 98.3 cm³/mol. The van der Waals surface area contributed by atoms with Gasteiger partial charge in [0.15, 0.2) is 5.78 Å². The molecule has 1 aliphatic heterocycles. The van der Waals surface area contributed by atoms with Crippen LogP contribution in [0.5, 0.6) is 0 Å². The van der Waals surface area contributed by atoms with Gasteiger partial charge in [0.05, 0.1) is 8.22 Å². The van der Waals surface area contributed by atoms with Crippen molar-refractivity contribution in [2.24, 2.45) is 11.8 Å². The number of ketones is 1. The average molecular weight is 376 g/mol. The molecule has 1 unspecified atom stereocenters. The summed E-state index contributed by atoms with van der Waals surface area (Å²) >= 11 is 0. The van der Waals surface area contributed by atoms with Crippen LogP contribution in [-0.2, 0) is 20.8 Å². The Morgan fingerprint density at radius 2 is 2.23 bits per heavy atom. The zero-order chi connectivity index (χ0) is 32.7. The topological polar surface area (TPSA) is 86.7 Å². The molecule has 2 N–H and O–H groups in total. The minimum absolute atomic E-state index is 0.0727. The standard InChI is InChI=1S/C20H28N2O4/c1-12(2)18(24)16(23)11-13(3)19(25)21-17-15-8-6-5-7-14(15)9-10-22(4)20(17)26/h5-8,12-13,17-18,24H,9-11H2,1-4H3,(H,21,25)/t13-,17+,18+/m1/s1/i1D3,5D,6D,7D,8D,9D2,10D2,12D,13D,17D,18D/t12?,13-,17+,18+. The van der Waals surface area contributed by atoms with Crippen LogP contribution in [-0.4, -0.2) is 47.2 Å². The maximum Gasteiger partial charge on any atom is 0.249 e. The molecule has 2 rings (SSSR count). The first kappa shape index (κ1) is 7.80. The number of nitrogens with zero attached hydrogens (tertiary/aromatic N) is 1. The number of benzene rings is 1. The van der Waals surface area contributed by atoms with Crippen LogP contribution >= 0.6 is 0 Å². The van der Waals surface area contributed by atoms with Crippen LogP contribution in [0.3, 0.4) is 0 Å². The molecule has 0 fully saturated rings. The third-order valence-electron chi connectivity index (χ3n) is 3.48. The minimum atomic E-state index is -3.67. The van der Waals surface area contributed by atoms with E-state index in [-0.39, 0.29) is 4.90 Å². The first-order valence-electron chi connectivity index (χ1n) is 14.9. The maximum atomic E-state index is 13.5. The third-order valence-corrected chi connectivity index (χ3v) is 3.48. The summed E-state index contributed by atoms with van der Waals surface area (Å²) in [7, 11) is 0.714.